The average Bonchev–Trinajstić information content (AvgIpc) is 3.31. The molecule has 4 heterocycles. The Bertz CT molecular complexity index is 1870. The lowest BCUT2D eigenvalue weighted by Gasteiger charge is -2.29. The van der Waals surface area contributed by atoms with Gasteiger partial charge in [0.1, 0.15) is 11.5 Å². The van der Waals surface area contributed by atoms with Crippen molar-refractivity contribution >= 4 is 27.7 Å². The fourth-order valence-electron chi connectivity index (χ4n) is 5.50. The van der Waals surface area contributed by atoms with Crippen molar-refractivity contribution in [3.63, 3.8) is 0 Å². The molecule has 3 aromatic heterocycles. The summed E-state index contributed by atoms with van der Waals surface area (Å²) in [5.74, 6) is -1.07. The molecular weight excluding hydrogens is 498 g/mol. The number of methoxy groups -OCH3 is 1. The molecule has 1 atom stereocenters. The number of hydrogen-bond donors (Lipinski definition) is 3. The number of rotatable bonds is 5. The molecular formula is C30H27N3O6. The Morgan fingerprint density at radius 1 is 1.10 bits per heavy atom. The third-order valence-corrected chi connectivity index (χ3v) is 7.46. The number of para-hydroxylation sites is 1. The van der Waals surface area contributed by atoms with Gasteiger partial charge >= 0.3 is 0 Å². The highest BCUT2D eigenvalue weighted by Crippen LogP contribution is 2.35. The molecule has 1 unspecified atom stereocenters. The van der Waals surface area contributed by atoms with Crippen molar-refractivity contribution in [1.29, 1.82) is 0 Å². The number of fused-ring (bicyclic) bond motifs is 4. The second-order valence-corrected chi connectivity index (χ2v) is 9.89. The number of aromatic amines is 2. The van der Waals surface area contributed by atoms with Crippen LogP contribution in [0.1, 0.15) is 40.7 Å². The number of ether oxygens (including phenoxy) is 1. The highest BCUT2D eigenvalue weighted by molar-refractivity contribution is 5.86. The Balaban J connectivity index is 1.41. The van der Waals surface area contributed by atoms with Crippen LogP contribution in [-0.4, -0.2) is 39.5 Å². The van der Waals surface area contributed by atoms with Gasteiger partial charge in [-0.3, -0.25) is 14.4 Å². The van der Waals surface area contributed by atoms with Gasteiger partial charge in [-0.05, 0) is 49.2 Å². The minimum Gasteiger partial charge on any atom is -0.502 e. The van der Waals surface area contributed by atoms with E-state index in [1.54, 1.807) is 43.2 Å². The lowest BCUT2D eigenvalue weighted by atomic mass is 9.91. The maximum absolute atomic E-state index is 13.7. The monoisotopic (exact) mass is 525 g/mol. The number of aromatic hydroxyl groups is 1. The van der Waals surface area contributed by atoms with Crippen LogP contribution in [0.4, 0.5) is 0 Å². The Labute approximate surface area is 222 Å². The Morgan fingerprint density at radius 2 is 1.92 bits per heavy atom. The largest absolute Gasteiger partial charge is 0.502 e. The van der Waals surface area contributed by atoms with Crippen LogP contribution in [-0.2, 0) is 17.8 Å². The summed E-state index contributed by atoms with van der Waals surface area (Å²) in [5, 5.41) is 12.5. The number of pyridine rings is 1. The summed E-state index contributed by atoms with van der Waals surface area (Å²) in [4.78, 5) is 47.5. The number of carbonyl (C=O) groups is 1. The van der Waals surface area contributed by atoms with E-state index in [9.17, 15) is 19.5 Å². The molecule has 0 aliphatic carbocycles. The second-order valence-electron chi connectivity index (χ2n) is 9.89. The van der Waals surface area contributed by atoms with Gasteiger partial charge in [0.25, 0.3) is 5.56 Å². The smallest absolute Gasteiger partial charge is 0.252 e. The number of nitrogens with one attached hydrogen (secondary N) is 2. The van der Waals surface area contributed by atoms with Crippen LogP contribution < -0.4 is 15.7 Å². The molecule has 0 fully saturated rings. The molecule has 0 saturated heterocycles. The van der Waals surface area contributed by atoms with Crippen molar-refractivity contribution in [3.05, 3.63) is 104 Å². The summed E-state index contributed by atoms with van der Waals surface area (Å²) in [5.41, 5.74) is 2.93. The zero-order valence-corrected chi connectivity index (χ0v) is 21.5. The summed E-state index contributed by atoms with van der Waals surface area (Å²) in [6, 6.07) is 16.1. The van der Waals surface area contributed by atoms with Crippen LogP contribution in [0.25, 0.3) is 21.8 Å². The molecule has 0 spiro atoms. The van der Waals surface area contributed by atoms with Gasteiger partial charge in [-0.1, -0.05) is 18.2 Å². The summed E-state index contributed by atoms with van der Waals surface area (Å²) in [6.45, 7) is 2.49. The first kappa shape index (κ1) is 24.5. The van der Waals surface area contributed by atoms with E-state index in [0.717, 1.165) is 16.6 Å². The molecule has 0 saturated carbocycles. The number of H-pyrrole nitrogens is 2. The quantitative estimate of drug-likeness (QED) is 0.317. The van der Waals surface area contributed by atoms with E-state index in [-0.39, 0.29) is 29.4 Å². The molecule has 6 rings (SSSR count). The van der Waals surface area contributed by atoms with Crippen molar-refractivity contribution < 1.29 is 19.1 Å². The van der Waals surface area contributed by atoms with Gasteiger partial charge < -0.3 is 29.1 Å². The predicted molar refractivity (Wildman–Crippen MR) is 146 cm³/mol. The van der Waals surface area contributed by atoms with Gasteiger partial charge in [0.15, 0.2) is 5.76 Å². The molecule has 5 aromatic rings. The van der Waals surface area contributed by atoms with E-state index in [1.165, 1.54) is 11.6 Å². The van der Waals surface area contributed by atoms with Crippen LogP contribution >= 0.6 is 0 Å². The molecule has 9 nitrogen and oxygen atoms in total. The summed E-state index contributed by atoms with van der Waals surface area (Å²) >= 11 is 0. The Kier molecular flexibility index (Phi) is 5.98. The predicted octanol–water partition coefficient (Wildman–Crippen LogP) is 4.09. The zero-order valence-electron chi connectivity index (χ0n) is 21.5. The minimum absolute atomic E-state index is 0.107. The maximum atomic E-state index is 13.7. The fraction of sp³-hybridized carbons (Fsp3) is 0.233. The van der Waals surface area contributed by atoms with E-state index < -0.39 is 22.7 Å². The molecule has 39 heavy (non-hydrogen) atoms. The standard InChI is InChI=1S/C30H27N3O6/c1-16-11-26(34)28(36)29(39-16)21(22-13-17-12-18(38-2)7-8-23(17)32-30(22)37)14-27(35)33-10-9-20-19-5-3-4-6-24(19)31-25(20)15-33/h3-8,11-13,21,31,36H,9-10,14-15H2,1-2H3,(H,32,37). The average molecular weight is 526 g/mol. The molecule has 198 valence electrons. The van der Waals surface area contributed by atoms with Crippen LogP contribution in [0.15, 0.2) is 68.6 Å². The summed E-state index contributed by atoms with van der Waals surface area (Å²) in [7, 11) is 1.55. The SMILES string of the molecule is COc1ccc2[nH]c(=O)c(C(CC(=O)N3CCc4c([nH]c5ccccc45)C3)c3oc(C)cc(=O)c3O)cc2c1. The lowest BCUT2D eigenvalue weighted by molar-refractivity contribution is -0.132. The molecule has 0 bridgehead atoms. The Morgan fingerprint density at radius 3 is 2.74 bits per heavy atom. The van der Waals surface area contributed by atoms with Gasteiger partial charge in [-0.15, -0.1) is 0 Å². The number of hydrogen-bond acceptors (Lipinski definition) is 6. The topological polar surface area (TPSA) is 129 Å². The molecule has 0 radical (unpaired) electrons. The van der Waals surface area contributed by atoms with Gasteiger partial charge in [0, 0.05) is 52.1 Å². The number of aromatic nitrogens is 2. The van der Waals surface area contributed by atoms with Crippen LogP contribution in [0.3, 0.4) is 0 Å². The number of amides is 1. The Hall–Kier alpha value is -4.79. The maximum Gasteiger partial charge on any atom is 0.252 e. The first-order chi connectivity index (χ1) is 18.8. The molecule has 9 heteroatoms. The van der Waals surface area contributed by atoms with Crippen molar-refractivity contribution in [2.45, 2.75) is 32.2 Å². The minimum atomic E-state index is -0.992. The van der Waals surface area contributed by atoms with E-state index >= 15 is 0 Å². The lowest BCUT2D eigenvalue weighted by Crippen LogP contribution is -2.37. The van der Waals surface area contributed by atoms with Crippen molar-refractivity contribution in [2.75, 3.05) is 13.7 Å². The zero-order chi connectivity index (χ0) is 27.3. The van der Waals surface area contributed by atoms with Crippen LogP contribution in [0.5, 0.6) is 11.5 Å². The van der Waals surface area contributed by atoms with Crippen molar-refractivity contribution in [1.82, 2.24) is 14.9 Å². The first-order valence-corrected chi connectivity index (χ1v) is 12.7. The molecule has 2 aromatic carbocycles. The number of benzene rings is 2. The van der Waals surface area contributed by atoms with E-state index in [0.29, 0.717) is 36.2 Å². The highest BCUT2D eigenvalue weighted by atomic mass is 16.5. The van der Waals surface area contributed by atoms with Gasteiger partial charge in [0.2, 0.25) is 17.1 Å². The molecule has 1 amide bonds. The first-order valence-electron chi connectivity index (χ1n) is 12.7. The number of carbonyl (C=O) groups excluding carboxylic acids is 1. The normalized spacial score (nSPS) is 13.9. The fourth-order valence-corrected chi connectivity index (χ4v) is 5.50. The molecule has 3 N–H and O–H groups in total. The van der Waals surface area contributed by atoms with Gasteiger partial charge in [-0.25, -0.2) is 0 Å². The number of aryl methyl sites for hydroxylation is 1. The molecule has 1 aliphatic rings. The summed E-state index contributed by atoms with van der Waals surface area (Å²) < 4.78 is 11.1. The third-order valence-electron chi connectivity index (χ3n) is 7.46. The van der Waals surface area contributed by atoms with Crippen molar-refractivity contribution in [3.8, 4) is 11.5 Å². The van der Waals surface area contributed by atoms with Gasteiger partial charge in [-0.2, -0.15) is 0 Å². The van der Waals surface area contributed by atoms with E-state index in [1.807, 2.05) is 18.2 Å². The highest BCUT2D eigenvalue weighted by Gasteiger charge is 2.32. The third kappa shape index (κ3) is 4.35. The molecule has 1 aliphatic heterocycles. The van der Waals surface area contributed by atoms with E-state index in [4.69, 9.17) is 9.15 Å². The van der Waals surface area contributed by atoms with Crippen LogP contribution in [0, 0.1) is 6.92 Å². The van der Waals surface area contributed by atoms with Gasteiger partial charge in [0.05, 0.1) is 19.6 Å². The number of nitrogens with zero attached hydrogens (tertiary/aromatic N) is 1. The van der Waals surface area contributed by atoms with Crippen molar-refractivity contribution in [2.24, 2.45) is 0 Å². The second kappa shape index (κ2) is 9.50. The van der Waals surface area contributed by atoms with E-state index in [2.05, 4.69) is 16.0 Å². The summed E-state index contributed by atoms with van der Waals surface area (Å²) in [6.07, 6.45) is 0.519. The van der Waals surface area contributed by atoms with Crippen LogP contribution in [0.2, 0.25) is 0 Å².